The third kappa shape index (κ3) is 4.49. The van der Waals surface area contributed by atoms with Gasteiger partial charge in [0.05, 0.1) is 5.56 Å². The van der Waals surface area contributed by atoms with Crippen molar-refractivity contribution in [2.24, 2.45) is 0 Å². The van der Waals surface area contributed by atoms with E-state index in [1.54, 1.807) is 13.0 Å². The Bertz CT molecular complexity index is 438. The molecule has 0 saturated heterocycles. The minimum atomic E-state index is -4.33. The number of benzene rings is 1. The van der Waals surface area contributed by atoms with Gasteiger partial charge < -0.3 is 4.74 Å². The van der Waals surface area contributed by atoms with Gasteiger partial charge in [0.2, 0.25) is 0 Å². The number of alkyl halides is 3. The average molecular weight is 242 g/mol. The topological polar surface area (TPSA) is 9.23 Å². The molecule has 0 bridgehead atoms. The number of rotatable bonds is 2. The van der Waals surface area contributed by atoms with Gasteiger partial charge in [0.25, 0.3) is 0 Å². The minimum Gasteiger partial charge on any atom is -0.369 e. The summed E-state index contributed by atoms with van der Waals surface area (Å²) in [6, 6.07) is 3.77. The van der Waals surface area contributed by atoms with Crippen LogP contribution in [-0.4, -0.2) is 13.2 Å². The maximum absolute atomic E-state index is 12.5. The second-order valence-electron chi connectivity index (χ2n) is 3.52. The SMILES string of the molecule is CCOCC#Cc1cc(C)cc(C(F)(F)F)c1. The molecule has 0 unspecified atom stereocenters. The minimum absolute atomic E-state index is 0.228. The summed E-state index contributed by atoms with van der Waals surface area (Å²) in [5.41, 5.74) is 0.232. The van der Waals surface area contributed by atoms with E-state index < -0.39 is 11.7 Å². The summed E-state index contributed by atoms with van der Waals surface area (Å²) in [5, 5.41) is 0. The van der Waals surface area contributed by atoms with E-state index in [2.05, 4.69) is 11.8 Å². The summed E-state index contributed by atoms with van der Waals surface area (Å²) >= 11 is 0. The Morgan fingerprint density at radius 1 is 1.24 bits per heavy atom. The first kappa shape index (κ1) is 13.6. The van der Waals surface area contributed by atoms with Crippen molar-refractivity contribution in [3.8, 4) is 11.8 Å². The lowest BCUT2D eigenvalue weighted by molar-refractivity contribution is -0.137. The van der Waals surface area contributed by atoms with Crippen LogP contribution in [0, 0.1) is 18.8 Å². The molecular weight excluding hydrogens is 229 g/mol. The first-order valence-electron chi connectivity index (χ1n) is 5.19. The molecule has 0 aliphatic heterocycles. The zero-order chi connectivity index (χ0) is 12.9. The smallest absolute Gasteiger partial charge is 0.369 e. The largest absolute Gasteiger partial charge is 0.416 e. The molecule has 1 rings (SSSR count). The third-order valence-electron chi connectivity index (χ3n) is 2.02. The van der Waals surface area contributed by atoms with E-state index in [4.69, 9.17) is 4.74 Å². The molecule has 17 heavy (non-hydrogen) atoms. The van der Waals surface area contributed by atoms with Gasteiger partial charge in [-0.25, -0.2) is 0 Å². The van der Waals surface area contributed by atoms with Crippen LogP contribution in [0.2, 0.25) is 0 Å². The van der Waals surface area contributed by atoms with Gasteiger partial charge in [-0.1, -0.05) is 11.8 Å². The zero-order valence-corrected chi connectivity index (χ0v) is 9.69. The van der Waals surface area contributed by atoms with Crippen LogP contribution in [-0.2, 0) is 10.9 Å². The van der Waals surface area contributed by atoms with Crippen LogP contribution in [0.5, 0.6) is 0 Å². The maximum atomic E-state index is 12.5. The normalized spacial score (nSPS) is 10.9. The van der Waals surface area contributed by atoms with Crippen molar-refractivity contribution in [1.82, 2.24) is 0 Å². The Kier molecular flexibility index (Phi) is 4.59. The maximum Gasteiger partial charge on any atom is 0.416 e. The molecule has 92 valence electrons. The monoisotopic (exact) mass is 242 g/mol. The molecule has 0 saturated carbocycles. The fraction of sp³-hybridized carbons (Fsp3) is 0.385. The summed E-state index contributed by atoms with van der Waals surface area (Å²) in [6.45, 7) is 4.21. The number of ether oxygens (including phenoxy) is 1. The van der Waals surface area contributed by atoms with E-state index >= 15 is 0 Å². The lowest BCUT2D eigenvalue weighted by atomic mass is 10.1. The van der Waals surface area contributed by atoms with Crippen LogP contribution in [0.4, 0.5) is 13.2 Å². The van der Waals surface area contributed by atoms with E-state index in [9.17, 15) is 13.2 Å². The molecule has 0 atom stereocenters. The number of hydrogen-bond acceptors (Lipinski definition) is 1. The highest BCUT2D eigenvalue weighted by Gasteiger charge is 2.30. The molecule has 0 amide bonds. The van der Waals surface area contributed by atoms with Crippen molar-refractivity contribution in [2.45, 2.75) is 20.0 Å². The molecule has 0 aliphatic carbocycles. The first-order valence-corrected chi connectivity index (χ1v) is 5.19. The van der Waals surface area contributed by atoms with Crippen molar-refractivity contribution in [3.05, 3.63) is 34.9 Å². The highest BCUT2D eigenvalue weighted by molar-refractivity contribution is 5.41. The van der Waals surface area contributed by atoms with E-state index in [1.165, 1.54) is 0 Å². The molecule has 0 spiro atoms. The fourth-order valence-corrected chi connectivity index (χ4v) is 1.31. The quantitative estimate of drug-likeness (QED) is 0.570. The van der Waals surface area contributed by atoms with E-state index in [1.807, 2.05) is 6.92 Å². The van der Waals surface area contributed by atoms with Crippen LogP contribution in [0.3, 0.4) is 0 Å². The Labute approximate surface area is 98.6 Å². The highest BCUT2D eigenvalue weighted by Crippen LogP contribution is 2.30. The summed E-state index contributed by atoms with van der Waals surface area (Å²) in [7, 11) is 0. The summed E-state index contributed by atoms with van der Waals surface area (Å²) in [4.78, 5) is 0. The Morgan fingerprint density at radius 3 is 2.53 bits per heavy atom. The van der Waals surface area contributed by atoms with Crippen LogP contribution in [0.15, 0.2) is 18.2 Å². The van der Waals surface area contributed by atoms with Gasteiger partial charge >= 0.3 is 6.18 Å². The van der Waals surface area contributed by atoms with E-state index in [-0.39, 0.29) is 6.61 Å². The molecule has 0 radical (unpaired) electrons. The molecule has 1 aromatic rings. The molecule has 1 nitrogen and oxygen atoms in total. The zero-order valence-electron chi connectivity index (χ0n) is 9.69. The summed E-state index contributed by atoms with van der Waals surface area (Å²) in [6.07, 6.45) is -4.33. The van der Waals surface area contributed by atoms with Crippen LogP contribution in [0.25, 0.3) is 0 Å². The van der Waals surface area contributed by atoms with Crippen LogP contribution in [0.1, 0.15) is 23.6 Å². The third-order valence-corrected chi connectivity index (χ3v) is 2.02. The van der Waals surface area contributed by atoms with Gasteiger partial charge in [0.15, 0.2) is 0 Å². The fourth-order valence-electron chi connectivity index (χ4n) is 1.31. The lowest BCUT2D eigenvalue weighted by Crippen LogP contribution is -2.05. The predicted molar refractivity (Wildman–Crippen MR) is 59.6 cm³/mol. The molecule has 0 aromatic heterocycles. The molecule has 0 aliphatic rings. The molecule has 0 heterocycles. The van der Waals surface area contributed by atoms with Crippen molar-refractivity contribution in [1.29, 1.82) is 0 Å². The summed E-state index contributed by atoms with van der Waals surface area (Å²) < 4.78 is 42.5. The molecule has 1 aromatic carbocycles. The second kappa shape index (κ2) is 5.74. The van der Waals surface area contributed by atoms with Crippen molar-refractivity contribution in [2.75, 3.05) is 13.2 Å². The van der Waals surface area contributed by atoms with Gasteiger partial charge in [-0.05, 0) is 37.6 Å². The molecule has 0 N–H and O–H groups in total. The lowest BCUT2D eigenvalue weighted by Gasteiger charge is -2.07. The van der Waals surface area contributed by atoms with Crippen LogP contribution >= 0.6 is 0 Å². The predicted octanol–water partition coefficient (Wildman–Crippen LogP) is 3.40. The number of hydrogen-bond donors (Lipinski definition) is 0. The molecule has 0 fully saturated rings. The van der Waals surface area contributed by atoms with Gasteiger partial charge in [-0.2, -0.15) is 13.2 Å². The average Bonchev–Trinajstić information content (AvgIpc) is 2.22. The first-order chi connectivity index (χ1) is 7.93. The van der Waals surface area contributed by atoms with Crippen LogP contribution < -0.4 is 0 Å². The van der Waals surface area contributed by atoms with E-state index in [0.717, 1.165) is 12.1 Å². The van der Waals surface area contributed by atoms with Crippen molar-refractivity contribution in [3.63, 3.8) is 0 Å². The Hall–Kier alpha value is -1.47. The second-order valence-corrected chi connectivity index (χ2v) is 3.52. The number of halogens is 3. The van der Waals surface area contributed by atoms with E-state index in [0.29, 0.717) is 17.7 Å². The van der Waals surface area contributed by atoms with Gasteiger partial charge in [-0.3, -0.25) is 0 Å². The highest BCUT2D eigenvalue weighted by atomic mass is 19.4. The Balaban J connectivity index is 2.93. The van der Waals surface area contributed by atoms with Gasteiger partial charge in [0, 0.05) is 12.2 Å². The number of aryl methyl sites for hydroxylation is 1. The van der Waals surface area contributed by atoms with Gasteiger partial charge in [-0.15, -0.1) is 0 Å². The van der Waals surface area contributed by atoms with Crippen molar-refractivity contribution < 1.29 is 17.9 Å². The standard InChI is InChI=1S/C13H13F3O/c1-3-17-6-4-5-11-7-10(2)8-12(9-11)13(14,15)16/h7-9H,3,6H2,1-2H3. The molecule has 4 heteroatoms. The summed E-state index contributed by atoms with van der Waals surface area (Å²) in [5.74, 6) is 5.33. The van der Waals surface area contributed by atoms with Crippen molar-refractivity contribution >= 4 is 0 Å². The van der Waals surface area contributed by atoms with Gasteiger partial charge in [0.1, 0.15) is 6.61 Å². The molecular formula is C13H13F3O. The Morgan fingerprint density at radius 2 is 1.94 bits per heavy atom.